The molecule has 0 spiro atoms. The molecule has 2 nitrogen and oxygen atoms in total. The van der Waals surface area contributed by atoms with Gasteiger partial charge >= 0.3 is 0 Å². The molecule has 0 saturated heterocycles. The molecule has 2 atom stereocenters. The van der Waals surface area contributed by atoms with E-state index in [0.29, 0.717) is 18.3 Å². The summed E-state index contributed by atoms with van der Waals surface area (Å²) in [4.78, 5) is 3.61. The van der Waals surface area contributed by atoms with E-state index < -0.39 is 0 Å². The minimum atomic E-state index is 0.223. The van der Waals surface area contributed by atoms with Gasteiger partial charge in [-0.2, -0.15) is 5.26 Å². The Labute approximate surface area is 130 Å². The smallest absolute Gasteiger partial charge is 0.0625 e. The van der Waals surface area contributed by atoms with Crippen LogP contribution in [0, 0.1) is 29.6 Å². The quantitative estimate of drug-likeness (QED) is 0.684. The van der Waals surface area contributed by atoms with E-state index in [1.54, 1.807) is 0 Å². The summed E-state index contributed by atoms with van der Waals surface area (Å²) in [5.41, 5.74) is 4.14. The number of nitrogens with one attached hydrogen (secondary N) is 1. The molecule has 3 aromatic rings. The molecule has 1 N–H and O–H groups in total. The van der Waals surface area contributed by atoms with Gasteiger partial charge in [-0.25, -0.2) is 0 Å². The van der Waals surface area contributed by atoms with Crippen molar-refractivity contribution in [2.24, 2.45) is 11.3 Å². The maximum Gasteiger partial charge on any atom is 0.0625 e. The number of fused-ring (bicyclic) bond motifs is 3. The van der Waals surface area contributed by atoms with Crippen molar-refractivity contribution in [1.29, 1.82) is 5.26 Å². The molecule has 110 valence electrons. The van der Waals surface area contributed by atoms with Crippen molar-refractivity contribution in [2.45, 2.75) is 33.1 Å². The standard InChI is InChI=1S/C20H20N2/c1-12-17(18-16(10-11-21)20(18,2)3)15-9-8-13-6-4-5-7-14(13)19(15)22-12/h4-9,16,18,22H,10H2,1-3H3/t16-,18-/m0/s1. The van der Waals surface area contributed by atoms with Gasteiger partial charge in [0.2, 0.25) is 0 Å². The number of H-pyrrole nitrogens is 1. The van der Waals surface area contributed by atoms with Gasteiger partial charge in [-0.3, -0.25) is 0 Å². The van der Waals surface area contributed by atoms with Gasteiger partial charge in [-0.1, -0.05) is 50.2 Å². The van der Waals surface area contributed by atoms with Crippen LogP contribution in [0.3, 0.4) is 0 Å². The Balaban J connectivity index is 1.95. The van der Waals surface area contributed by atoms with Crippen LogP contribution in [0.15, 0.2) is 36.4 Å². The summed E-state index contributed by atoms with van der Waals surface area (Å²) in [7, 11) is 0. The predicted octanol–water partition coefficient (Wildman–Crippen LogP) is 5.28. The van der Waals surface area contributed by atoms with Crippen LogP contribution in [0.5, 0.6) is 0 Å². The first-order valence-corrected chi connectivity index (χ1v) is 7.92. The maximum absolute atomic E-state index is 9.09. The first-order chi connectivity index (χ1) is 10.6. The Morgan fingerprint density at radius 3 is 2.68 bits per heavy atom. The van der Waals surface area contributed by atoms with Crippen molar-refractivity contribution >= 4 is 21.7 Å². The average Bonchev–Trinajstić information content (AvgIpc) is 2.87. The third-order valence-electron chi connectivity index (χ3n) is 5.61. The zero-order chi connectivity index (χ0) is 15.5. The van der Waals surface area contributed by atoms with E-state index >= 15 is 0 Å². The van der Waals surface area contributed by atoms with Crippen LogP contribution in [-0.4, -0.2) is 4.98 Å². The molecule has 1 aromatic heterocycles. The van der Waals surface area contributed by atoms with Crippen molar-refractivity contribution in [2.75, 3.05) is 0 Å². The fourth-order valence-corrected chi connectivity index (χ4v) is 4.28. The molecule has 0 unspecified atom stereocenters. The van der Waals surface area contributed by atoms with Crippen LogP contribution in [0.4, 0.5) is 0 Å². The molecule has 1 saturated carbocycles. The minimum Gasteiger partial charge on any atom is -0.358 e. The Hall–Kier alpha value is -2.27. The zero-order valence-electron chi connectivity index (χ0n) is 13.3. The largest absolute Gasteiger partial charge is 0.358 e. The lowest BCUT2D eigenvalue weighted by Gasteiger charge is -2.04. The second-order valence-electron chi connectivity index (χ2n) is 7.14. The zero-order valence-corrected chi connectivity index (χ0v) is 13.3. The number of rotatable bonds is 2. The second-order valence-corrected chi connectivity index (χ2v) is 7.14. The number of aryl methyl sites for hydroxylation is 1. The summed E-state index contributed by atoms with van der Waals surface area (Å²) >= 11 is 0. The molecule has 2 aromatic carbocycles. The normalized spacial score (nSPS) is 22.8. The number of aromatic nitrogens is 1. The fraction of sp³-hybridized carbons (Fsp3) is 0.350. The van der Waals surface area contributed by atoms with Crippen LogP contribution in [-0.2, 0) is 0 Å². The predicted molar refractivity (Wildman–Crippen MR) is 90.8 cm³/mol. The summed E-state index contributed by atoms with van der Waals surface area (Å²) in [5.74, 6) is 0.962. The first kappa shape index (κ1) is 13.4. The van der Waals surface area contributed by atoms with E-state index in [0.717, 1.165) is 0 Å². The highest BCUT2D eigenvalue weighted by molar-refractivity contribution is 6.07. The van der Waals surface area contributed by atoms with Crippen LogP contribution in [0.2, 0.25) is 0 Å². The average molecular weight is 288 g/mol. The molecule has 4 rings (SSSR count). The number of nitriles is 1. The van der Waals surface area contributed by atoms with Crippen LogP contribution < -0.4 is 0 Å². The second kappa shape index (κ2) is 4.36. The molecular formula is C20H20N2. The van der Waals surface area contributed by atoms with E-state index in [9.17, 15) is 0 Å². The summed E-state index contributed by atoms with van der Waals surface area (Å²) in [5, 5.41) is 13.0. The number of hydrogen-bond donors (Lipinski definition) is 1. The molecule has 1 aliphatic rings. The molecule has 1 aliphatic carbocycles. The number of hydrogen-bond acceptors (Lipinski definition) is 1. The molecule has 0 amide bonds. The molecule has 0 bridgehead atoms. The van der Waals surface area contributed by atoms with Gasteiger partial charge in [0.05, 0.1) is 11.6 Å². The Bertz CT molecular complexity index is 924. The van der Waals surface area contributed by atoms with Crippen molar-refractivity contribution in [3.8, 4) is 6.07 Å². The SMILES string of the molecule is Cc1[nH]c2c(ccc3ccccc32)c1[C@@H]1[C@H](CC#N)C1(C)C. The number of nitrogens with zero attached hydrogens (tertiary/aromatic N) is 1. The molecule has 0 radical (unpaired) electrons. The van der Waals surface area contributed by atoms with Crippen LogP contribution >= 0.6 is 0 Å². The molecule has 2 heteroatoms. The fourth-order valence-electron chi connectivity index (χ4n) is 4.28. The van der Waals surface area contributed by atoms with Crippen LogP contribution in [0.25, 0.3) is 21.7 Å². The number of benzene rings is 2. The van der Waals surface area contributed by atoms with Gasteiger partial charge in [0.15, 0.2) is 0 Å². The van der Waals surface area contributed by atoms with Crippen molar-refractivity contribution in [3.63, 3.8) is 0 Å². The minimum absolute atomic E-state index is 0.223. The van der Waals surface area contributed by atoms with Crippen molar-refractivity contribution < 1.29 is 0 Å². The third-order valence-corrected chi connectivity index (χ3v) is 5.61. The van der Waals surface area contributed by atoms with Crippen molar-refractivity contribution in [3.05, 3.63) is 47.7 Å². The molecular weight excluding hydrogens is 268 g/mol. The lowest BCUT2D eigenvalue weighted by atomic mass is 9.98. The molecule has 22 heavy (non-hydrogen) atoms. The summed E-state index contributed by atoms with van der Waals surface area (Å²) in [6.07, 6.45) is 0.650. The highest BCUT2D eigenvalue weighted by Crippen LogP contribution is 2.67. The Morgan fingerprint density at radius 1 is 1.14 bits per heavy atom. The van der Waals surface area contributed by atoms with Gasteiger partial charge in [0, 0.05) is 22.9 Å². The summed E-state index contributed by atoms with van der Waals surface area (Å²) in [6, 6.07) is 15.3. The van der Waals surface area contributed by atoms with E-state index in [4.69, 9.17) is 5.26 Å². The maximum atomic E-state index is 9.09. The van der Waals surface area contributed by atoms with E-state index in [-0.39, 0.29) is 5.41 Å². The monoisotopic (exact) mass is 288 g/mol. The lowest BCUT2D eigenvalue weighted by Crippen LogP contribution is -1.91. The Morgan fingerprint density at radius 2 is 1.91 bits per heavy atom. The van der Waals surface area contributed by atoms with Gasteiger partial charge in [-0.05, 0) is 35.1 Å². The highest BCUT2D eigenvalue weighted by Gasteiger charge is 2.58. The van der Waals surface area contributed by atoms with E-state index in [1.165, 1.54) is 32.9 Å². The summed E-state index contributed by atoms with van der Waals surface area (Å²) in [6.45, 7) is 6.75. The van der Waals surface area contributed by atoms with Gasteiger partial charge < -0.3 is 4.98 Å². The Kier molecular flexibility index (Phi) is 2.66. The van der Waals surface area contributed by atoms with Crippen LogP contribution in [0.1, 0.15) is 37.4 Å². The topological polar surface area (TPSA) is 39.6 Å². The van der Waals surface area contributed by atoms with Gasteiger partial charge in [0.1, 0.15) is 0 Å². The molecule has 1 heterocycles. The van der Waals surface area contributed by atoms with Gasteiger partial charge in [-0.15, -0.1) is 0 Å². The first-order valence-electron chi connectivity index (χ1n) is 7.92. The number of aromatic amines is 1. The van der Waals surface area contributed by atoms with Gasteiger partial charge in [0.25, 0.3) is 0 Å². The van der Waals surface area contributed by atoms with E-state index in [2.05, 4.69) is 68.2 Å². The lowest BCUT2D eigenvalue weighted by molar-refractivity contribution is 0.559. The molecule has 1 fully saturated rings. The van der Waals surface area contributed by atoms with Crippen molar-refractivity contribution in [1.82, 2.24) is 4.98 Å². The third kappa shape index (κ3) is 1.66. The van der Waals surface area contributed by atoms with E-state index in [1.807, 2.05) is 0 Å². The highest BCUT2D eigenvalue weighted by atomic mass is 14.7. The summed E-state index contributed by atoms with van der Waals surface area (Å²) < 4.78 is 0. The molecule has 0 aliphatic heterocycles.